The van der Waals surface area contributed by atoms with Crippen LogP contribution in [0.4, 0.5) is 4.79 Å². The highest BCUT2D eigenvalue weighted by Gasteiger charge is 2.31. The third-order valence-electron chi connectivity index (χ3n) is 5.87. The number of likely N-dealkylation sites (N-methyl/N-ethyl adjacent to an activating group) is 1. The monoisotopic (exact) mass is 452 g/mol. The van der Waals surface area contributed by atoms with Gasteiger partial charge in [0.15, 0.2) is 0 Å². The molecule has 1 unspecified atom stereocenters. The predicted octanol–water partition coefficient (Wildman–Crippen LogP) is 4.26. The molecule has 0 heterocycles. The van der Waals surface area contributed by atoms with Crippen molar-refractivity contribution in [3.05, 3.63) is 59.7 Å². The Morgan fingerprint density at radius 3 is 2.09 bits per heavy atom. The summed E-state index contributed by atoms with van der Waals surface area (Å²) < 4.78 is 5.58. The number of hydrogen-bond donors (Lipinski definition) is 2. The molecule has 7 heteroatoms. The van der Waals surface area contributed by atoms with Crippen molar-refractivity contribution in [2.24, 2.45) is 5.41 Å². The van der Waals surface area contributed by atoms with E-state index in [4.69, 9.17) is 9.84 Å². The highest BCUT2D eigenvalue weighted by atomic mass is 16.5. The average Bonchev–Trinajstić information content (AvgIpc) is 3.07. The van der Waals surface area contributed by atoms with Crippen molar-refractivity contribution in [3.63, 3.8) is 0 Å². The minimum atomic E-state index is -1.11. The smallest absolute Gasteiger partial charge is 0.407 e. The molecule has 2 aromatic carbocycles. The second kappa shape index (κ2) is 10.1. The van der Waals surface area contributed by atoms with Gasteiger partial charge in [-0.25, -0.2) is 4.79 Å². The number of carbonyl (C=O) groups is 3. The minimum Gasteiger partial charge on any atom is -0.480 e. The molecule has 1 aliphatic rings. The molecule has 176 valence electrons. The molecule has 0 fully saturated rings. The summed E-state index contributed by atoms with van der Waals surface area (Å²) in [5.74, 6) is -1.64. The quantitative estimate of drug-likeness (QED) is 0.624. The molecular formula is C26H32N2O5. The van der Waals surface area contributed by atoms with Crippen molar-refractivity contribution in [2.45, 2.75) is 45.6 Å². The molecule has 1 atom stereocenters. The van der Waals surface area contributed by atoms with Crippen molar-refractivity contribution in [1.29, 1.82) is 0 Å². The van der Waals surface area contributed by atoms with E-state index >= 15 is 0 Å². The largest absolute Gasteiger partial charge is 0.480 e. The maximum atomic E-state index is 12.8. The first kappa shape index (κ1) is 24.3. The second-order valence-electron chi connectivity index (χ2n) is 9.71. The minimum absolute atomic E-state index is 0.0489. The van der Waals surface area contributed by atoms with E-state index in [1.54, 1.807) is 0 Å². The van der Waals surface area contributed by atoms with Crippen molar-refractivity contribution >= 4 is 18.0 Å². The van der Waals surface area contributed by atoms with Crippen LogP contribution in [0.5, 0.6) is 0 Å². The SMILES string of the molecule is CN(CC(=O)O)C(=O)C(CCC(C)(C)C)NC(=O)OCC1c2ccccc2-c2ccccc21. The fraction of sp³-hybridized carbons (Fsp3) is 0.423. The van der Waals surface area contributed by atoms with Gasteiger partial charge in [0.25, 0.3) is 0 Å². The molecule has 0 spiro atoms. The van der Waals surface area contributed by atoms with E-state index in [1.165, 1.54) is 7.05 Å². The number of aliphatic carboxylic acids is 1. The van der Waals surface area contributed by atoms with E-state index in [9.17, 15) is 14.4 Å². The number of rotatable bonds is 8. The second-order valence-corrected chi connectivity index (χ2v) is 9.71. The first-order valence-electron chi connectivity index (χ1n) is 11.1. The number of amides is 2. The highest BCUT2D eigenvalue weighted by Crippen LogP contribution is 2.44. The van der Waals surface area contributed by atoms with Gasteiger partial charge in [0.2, 0.25) is 5.91 Å². The Labute approximate surface area is 194 Å². The number of carbonyl (C=O) groups excluding carboxylic acids is 2. The molecule has 33 heavy (non-hydrogen) atoms. The van der Waals surface area contributed by atoms with Gasteiger partial charge in [0.1, 0.15) is 19.2 Å². The van der Waals surface area contributed by atoms with Crippen LogP contribution in [0.1, 0.15) is 50.7 Å². The lowest BCUT2D eigenvalue weighted by molar-refractivity contribution is -0.144. The first-order chi connectivity index (χ1) is 15.6. The molecule has 2 aromatic rings. The number of nitrogens with one attached hydrogen (secondary N) is 1. The predicted molar refractivity (Wildman–Crippen MR) is 126 cm³/mol. The van der Waals surface area contributed by atoms with Crippen LogP contribution < -0.4 is 5.32 Å². The zero-order valence-corrected chi connectivity index (χ0v) is 19.6. The van der Waals surface area contributed by atoms with Gasteiger partial charge in [-0.15, -0.1) is 0 Å². The van der Waals surface area contributed by atoms with Crippen LogP contribution in [0.2, 0.25) is 0 Å². The van der Waals surface area contributed by atoms with Crippen molar-refractivity contribution < 1.29 is 24.2 Å². The summed E-state index contributed by atoms with van der Waals surface area (Å²) in [6, 6.07) is 15.3. The van der Waals surface area contributed by atoms with Gasteiger partial charge in [-0.1, -0.05) is 69.3 Å². The number of nitrogens with zero attached hydrogens (tertiary/aromatic N) is 1. The maximum Gasteiger partial charge on any atom is 0.407 e. The molecule has 0 aliphatic heterocycles. The van der Waals surface area contributed by atoms with Crippen LogP contribution in [0.3, 0.4) is 0 Å². The highest BCUT2D eigenvalue weighted by molar-refractivity contribution is 5.88. The number of benzene rings is 2. The lowest BCUT2D eigenvalue weighted by Gasteiger charge is -2.26. The van der Waals surface area contributed by atoms with Crippen molar-refractivity contribution in [1.82, 2.24) is 10.2 Å². The van der Waals surface area contributed by atoms with Gasteiger partial charge < -0.3 is 20.1 Å². The number of carboxylic acids is 1. The summed E-state index contributed by atoms with van der Waals surface area (Å²) in [6.45, 7) is 5.84. The van der Waals surface area contributed by atoms with E-state index in [-0.39, 0.29) is 17.9 Å². The topological polar surface area (TPSA) is 95.9 Å². The summed E-state index contributed by atoms with van der Waals surface area (Å²) in [5, 5.41) is 11.7. The van der Waals surface area contributed by atoms with E-state index in [1.807, 2.05) is 57.2 Å². The zero-order valence-electron chi connectivity index (χ0n) is 19.6. The normalized spacial score (nSPS) is 13.6. The number of alkyl carbamates (subject to hydrolysis) is 1. The van der Waals surface area contributed by atoms with E-state index < -0.39 is 30.6 Å². The molecule has 7 nitrogen and oxygen atoms in total. The van der Waals surface area contributed by atoms with Crippen LogP contribution >= 0.6 is 0 Å². The Kier molecular flexibility index (Phi) is 7.41. The van der Waals surface area contributed by atoms with Crippen LogP contribution in [-0.4, -0.2) is 54.2 Å². The summed E-state index contributed by atoms with van der Waals surface area (Å²) >= 11 is 0. The number of hydrogen-bond acceptors (Lipinski definition) is 4. The van der Waals surface area contributed by atoms with Crippen molar-refractivity contribution in [3.8, 4) is 11.1 Å². The molecule has 0 aromatic heterocycles. The fourth-order valence-corrected chi connectivity index (χ4v) is 4.16. The number of ether oxygens (including phenoxy) is 1. The molecule has 2 amide bonds. The Balaban J connectivity index is 1.69. The molecule has 2 N–H and O–H groups in total. The van der Waals surface area contributed by atoms with Crippen LogP contribution in [0, 0.1) is 5.41 Å². The molecule has 3 rings (SSSR count). The average molecular weight is 453 g/mol. The standard InChI is InChI=1S/C26H32N2O5/c1-26(2,3)14-13-22(24(31)28(4)15-23(29)30)27-25(32)33-16-21-19-11-7-5-9-17(19)18-10-6-8-12-20(18)21/h5-12,21-22H,13-16H2,1-4H3,(H,27,32)(H,29,30). The van der Waals surface area contributed by atoms with Gasteiger partial charge in [-0.05, 0) is 40.5 Å². The van der Waals surface area contributed by atoms with Gasteiger partial charge in [0, 0.05) is 13.0 Å². The van der Waals surface area contributed by atoms with Crippen LogP contribution in [0.15, 0.2) is 48.5 Å². The fourth-order valence-electron chi connectivity index (χ4n) is 4.16. The molecule has 0 radical (unpaired) electrons. The van der Waals surface area contributed by atoms with E-state index in [0.29, 0.717) is 12.8 Å². The maximum absolute atomic E-state index is 12.8. The summed E-state index contributed by atoms with van der Waals surface area (Å²) in [7, 11) is 1.42. The van der Waals surface area contributed by atoms with E-state index in [2.05, 4.69) is 17.4 Å². The van der Waals surface area contributed by atoms with Crippen LogP contribution in [-0.2, 0) is 14.3 Å². The van der Waals surface area contributed by atoms with Gasteiger partial charge >= 0.3 is 12.1 Å². The zero-order chi connectivity index (χ0) is 24.2. The van der Waals surface area contributed by atoms with Gasteiger partial charge in [-0.2, -0.15) is 0 Å². The van der Waals surface area contributed by atoms with Crippen molar-refractivity contribution in [2.75, 3.05) is 20.2 Å². The van der Waals surface area contributed by atoms with E-state index in [0.717, 1.165) is 27.2 Å². The van der Waals surface area contributed by atoms with Crippen LogP contribution in [0.25, 0.3) is 11.1 Å². The molecule has 1 aliphatic carbocycles. The summed E-state index contributed by atoms with van der Waals surface area (Å²) in [4.78, 5) is 37.6. The Bertz CT molecular complexity index is 982. The number of carboxylic acid groups (broad SMARTS) is 1. The Morgan fingerprint density at radius 2 is 1.58 bits per heavy atom. The molecular weight excluding hydrogens is 420 g/mol. The van der Waals surface area contributed by atoms with Gasteiger partial charge in [-0.3, -0.25) is 9.59 Å². The van der Waals surface area contributed by atoms with Gasteiger partial charge in [0.05, 0.1) is 0 Å². The first-order valence-corrected chi connectivity index (χ1v) is 11.1. The summed E-state index contributed by atoms with van der Waals surface area (Å²) in [5.41, 5.74) is 4.43. The lowest BCUT2D eigenvalue weighted by atomic mass is 9.88. The third-order valence-corrected chi connectivity index (χ3v) is 5.87. The molecule has 0 bridgehead atoms. The summed E-state index contributed by atoms with van der Waals surface area (Å²) in [6.07, 6.45) is 0.373. The Hall–Kier alpha value is -3.35. The third kappa shape index (κ3) is 6.12. The molecule has 0 saturated heterocycles. The number of fused-ring (bicyclic) bond motifs is 3. The lowest BCUT2D eigenvalue weighted by Crippen LogP contribution is -2.49. The molecule has 0 saturated carbocycles. The Morgan fingerprint density at radius 1 is 1.03 bits per heavy atom.